The molecule has 32 heavy (non-hydrogen) atoms. The van der Waals surface area contributed by atoms with Crippen LogP contribution < -0.4 is 15.4 Å². The lowest BCUT2D eigenvalue weighted by molar-refractivity contribution is 0.262. The Morgan fingerprint density at radius 2 is 1.84 bits per heavy atom. The van der Waals surface area contributed by atoms with Crippen LogP contribution in [0.1, 0.15) is 24.0 Å². The predicted molar refractivity (Wildman–Crippen MR) is 132 cm³/mol. The molecule has 1 aliphatic heterocycles. The highest BCUT2D eigenvalue weighted by Gasteiger charge is 2.14. The molecule has 3 aromatic rings. The van der Waals surface area contributed by atoms with Crippen molar-refractivity contribution < 1.29 is 9.53 Å². The van der Waals surface area contributed by atoms with E-state index in [1.165, 1.54) is 5.57 Å². The van der Waals surface area contributed by atoms with Gasteiger partial charge in [-0.05, 0) is 66.5 Å². The van der Waals surface area contributed by atoms with Crippen LogP contribution in [0.25, 0.3) is 6.08 Å². The molecule has 0 fully saturated rings. The first-order chi connectivity index (χ1) is 15.2. The van der Waals surface area contributed by atoms with Crippen LogP contribution in [0.2, 0.25) is 0 Å². The molecule has 0 radical (unpaired) electrons. The van der Waals surface area contributed by atoms with Gasteiger partial charge < -0.3 is 15.4 Å². The van der Waals surface area contributed by atoms with Crippen molar-refractivity contribution in [3.63, 3.8) is 0 Å². The molecule has 0 bridgehead atoms. The molecule has 2 N–H and O–H groups in total. The summed E-state index contributed by atoms with van der Waals surface area (Å²) in [7, 11) is 1.59. The number of hydrogen-bond donors (Lipinski definition) is 2. The second kappa shape index (κ2) is 11.1. The Bertz CT molecular complexity index is 1110. The Labute approximate surface area is 193 Å². The van der Waals surface area contributed by atoms with E-state index in [1.807, 2.05) is 60.8 Å². The van der Waals surface area contributed by atoms with E-state index < -0.39 is 0 Å². The van der Waals surface area contributed by atoms with Crippen LogP contribution in [0.5, 0.6) is 5.75 Å². The van der Waals surface area contributed by atoms with Crippen molar-refractivity contribution in [2.75, 3.05) is 24.3 Å². The zero-order valence-corrected chi connectivity index (χ0v) is 18.6. The van der Waals surface area contributed by atoms with Crippen LogP contribution in [0.3, 0.4) is 0 Å². The Balaban J connectivity index is 0.00000289. The third-order valence-electron chi connectivity index (χ3n) is 4.95. The number of nitrogens with zero attached hydrogens (tertiary/aromatic N) is 2. The summed E-state index contributed by atoms with van der Waals surface area (Å²) in [5.41, 5.74) is 5.70. The minimum absolute atomic E-state index is 0. The number of hydrogen-bond acceptors (Lipinski definition) is 4. The number of aliphatic imine (C=N–C) groups is 1. The van der Waals surface area contributed by atoms with Gasteiger partial charge in [-0.3, -0.25) is 9.98 Å². The Morgan fingerprint density at radius 3 is 2.59 bits per heavy atom. The molecule has 2 amide bonds. The second-order valence-corrected chi connectivity index (χ2v) is 7.18. The van der Waals surface area contributed by atoms with E-state index in [1.54, 1.807) is 19.4 Å². The van der Waals surface area contributed by atoms with Gasteiger partial charge in [0.1, 0.15) is 5.75 Å². The molecule has 1 aliphatic rings. The summed E-state index contributed by atoms with van der Waals surface area (Å²) in [4.78, 5) is 21.2. The third-order valence-corrected chi connectivity index (χ3v) is 4.95. The van der Waals surface area contributed by atoms with E-state index in [9.17, 15) is 4.79 Å². The Morgan fingerprint density at radius 1 is 1.03 bits per heavy atom. The average Bonchev–Trinajstić information content (AvgIpc) is 2.81. The van der Waals surface area contributed by atoms with E-state index in [2.05, 4.69) is 21.7 Å². The first-order valence-corrected chi connectivity index (χ1v) is 10.2. The van der Waals surface area contributed by atoms with E-state index >= 15 is 0 Å². The van der Waals surface area contributed by atoms with Gasteiger partial charge in [-0.1, -0.05) is 18.2 Å². The van der Waals surface area contributed by atoms with Crippen LogP contribution in [0, 0.1) is 0 Å². The molecule has 0 saturated heterocycles. The summed E-state index contributed by atoms with van der Waals surface area (Å²) in [6.07, 6.45) is 7.81. The summed E-state index contributed by atoms with van der Waals surface area (Å²) in [6, 6.07) is 18.6. The van der Waals surface area contributed by atoms with Crippen molar-refractivity contribution in [2.24, 2.45) is 4.99 Å². The number of rotatable bonds is 5. The van der Waals surface area contributed by atoms with Gasteiger partial charge in [0, 0.05) is 41.9 Å². The lowest BCUT2D eigenvalue weighted by atomic mass is 9.95. The molecular formula is C25H25ClN4O2. The number of aromatic nitrogens is 1. The van der Waals surface area contributed by atoms with Crippen LogP contribution in [-0.2, 0) is 0 Å². The normalized spacial score (nSPS) is 14.2. The standard InChI is InChI=1S/C25H24N4O2.ClH/c1-31-23-8-2-7-22(16-23)29-25(30)28-21-11-9-18(10-12-21)15-19-5-4-14-27-24(19)20-6-3-13-26-17-20;/h2-3,6-13,15-17H,4-5,14H2,1H3,(H2,28,29,30);1H. The monoisotopic (exact) mass is 448 g/mol. The number of nitrogens with one attached hydrogen (secondary N) is 2. The Hall–Kier alpha value is -3.64. The molecule has 6 nitrogen and oxygen atoms in total. The van der Waals surface area contributed by atoms with Crippen LogP contribution >= 0.6 is 12.4 Å². The van der Waals surface area contributed by atoms with Crippen molar-refractivity contribution in [1.29, 1.82) is 0 Å². The molecule has 0 atom stereocenters. The zero-order valence-electron chi connectivity index (χ0n) is 17.7. The van der Waals surface area contributed by atoms with E-state index in [0.717, 1.165) is 36.2 Å². The van der Waals surface area contributed by atoms with Crippen LogP contribution in [0.4, 0.5) is 16.2 Å². The fourth-order valence-electron chi connectivity index (χ4n) is 3.46. The molecule has 1 aromatic heterocycles. The van der Waals surface area contributed by atoms with Gasteiger partial charge in [-0.25, -0.2) is 4.79 Å². The van der Waals surface area contributed by atoms with E-state index in [-0.39, 0.29) is 18.4 Å². The lowest BCUT2D eigenvalue weighted by Crippen LogP contribution is -2.19. The van der Waals surface area contributed by atoms with Gasteiger partial charge in [-0.2, -0.15) is 0 Å². The molecule has 2 aromatic carbocycles. The fraction of sp³-hybridized carbons (Fsp3) is 0.160. The average molecular weight is 449 g/mol. The van der Waals surface area contributed by atoms with Crippen molar-refractivity contribution in [1.82, 2.24) is 4.98 Å². The minimum Gasteiger partial charge on any atom is -0.497 e. The first kappa shape index (κ1) is 23.0. The molecule has 4 rings (SSSR count). The minimum atomic E-state index is -0.308. The van der Waals surface area contributed by atoms with Crippen LogP contribution in [0.15, 0.2) is 83.6 Å². The molecule has 0 spiro atoms. The van der Waals surface area contributed by atoms with Crippen molar-refractivity contribution in [2.45, 2.75) is 12.8 Å². The molecule has 0 unspecified atom stereocenters. The number of allylic oxidation sites excluding steroid dienone is 1. The number of carbonyl (C=O) groups is 1. The van der Waals surface area contributed by atoms with E-state index in [0.29, 0.717) is 17.1 Å². The number of anilines is 2. The van der Waals surface area contributed by atoms with Crippen molar-refractivity contribution >= 4 is 41.6 Å². The van der Waals surface area contributed by atoms with Gasteiger partial charge in [0.15, 0.2) is 0 Å². The maximum Gasteiger partial charge on any atom is 0.323 e. The van der Waals surface area contributed by atoms with Crippen molar-refractivity contribution in [3.05, 3.63) is 89.8 Å². The number of carbonyl (C=O) groups excluding carboxylic acids is 1. The highest BCUT2D eigenvalue weighted by Crippen LogP contribution is 2.23. The molecule has 164 valence electrons. The second-order valence-electron chi connectivity index (χ2n) is 7.18. The summed E-state index contributed by atoms with van der Waals surface area (Å²) < 4.78 is 5.18. The molecule has 7 heteroatoms. The number of methoxy groups -OCH3 is 1. The highest BCUT2D eigenvalue weighted by atomic mass is 35.5. The maximum atomic E-state index is 12.3. The number of urea groups is 1. The molecule has 0 aliphatic carbocycles. The summed E-state index contributed by atoms with van der Waals surface area (Å²) in [5.74, 6) is 0.687. The van der Waals surface area contributed by atoms with Gasteiger partial charge >= 0.3 is 6.03 Å². The van der Waals surface area contributed by atoms with Gasteiger partial charge in [-0.15, -0.1) is 12.4 Å². The number of pyridine rings is 1. The van der Waals surface area contributed by atoms with Gasteiger partial charge in [0.2, 0.25) is 0 Å². The predicted octanol–water partition coefficient (Wildman–Crippen LogP) is 5.82. The maximum absolute atomic E-state index is 12.3. The summed E-state index contributed by atoms with van der Waals surface area (Å²) >= 11 is 0. The zero-order chi connectivity index (χ0) is 21.5. The largest absolute Gasteiger partial charge is 0.497 e. The topological polar surface area (TPSA) is 75.6 Å². The van der Waals surface area contributed by atoms with Crippen molar-refractivity contribution in [3.8, 4) is 5.75 Å². The van der Waals surface area contributed by atoms with Crippen LogP contribution in [-0.4, -0.2) is 30.4 Å². The highest BCUT2D eigenvalue weighted by molar-refractivity contribution is 6.15. The number of benzene rings is 2. The smallest absolute Gasteiger partial charge is 0.323 e. The number of amides is 2. The quantitative estimate of drug-likeness (QED) is 0.516. The first-order valence-electron chi connectivity index (χ1n) is 10.2. The number of ether oxygens (including phenoxy) is 1. The van der Waals surface area contributed by atoms with Gasteiger partial charge in [0.25, 0.3) is 0 Å². The van der Waals surface area contributed by atoms with Gasteiger partial charge in [0.05, 0.1) is 12.8 Å². The summed E-state index contributed by atoms with van der Waals surface area (Å²) in [5, 5.41) is 5.66. The third kappa shape index (κ3) is 5.95. The molecule has 0 saturated carbocycles. The fourth-order valence-corrected chi connectivity index (χ4v) is 3.46. The Kier molecular flexibility index (Phi) is 8.00. The van der Waals surface area contributed by atoms with E-state index in [4.69, 9.17) is 9.73 Å². The number of halogens is 1. The molecular weight excluding hydrogens is 424 g/mol. The molecule has 2 heterocycles. The summed E-state index contributed by atoms with van der Waals surface area (Å²) in [6.45, 7) is 0.840. The lowest BCUT2D eigenvalue weighted by Gasteiger charge is -2.16. The SMILES string of the molecule is COc1cccc(NC(=O)Nc2ccc(C=C3CCCN=C3c3cccnc3)cc2)c1.Cl.